The van der Waals surface area contributed by atoms with E-state index >= 15 is 0 Å². The lowest BCUT2D eigenvalue weighted by atomic mass is 9.70. The Bertz CT molecular complexity index is 276. The summed E-state index contributed by atoms with van der Waals surface area (Å²) in [5.41, 5.74) is 0. The second-order valence-corrected chi connectivity index (χ2v) is 5.89. The van der Waals surface area contributed by atoms with Gasteiger partial charge in [-0.3, -0.25) is 0 Å². The van der Waals surface area contributed by atoms with E-state index in [9.17, 15) is 13.2 Å². The molecule has 112 valence electrons. The van der Waals surface area contributed by atoms with Crippen LogP contribution in [0.1, 0.15) is 38.5 Å². The van der Waals surface area contributed by atoms with Gasteiger partial charge in [0.2, 0.25) is 0 Å². The lowest BCUT2D eigenvalue weighted by molar-refractivity contribution is -0.201. The molecule has 0 aromatic rings. The summed E-state index contributed by atoms with van der Waals surface area (Å²) in [6.07, 6.45) is 0.488. The summed E-state index contributed by atoms with van der Waals surface area (Å²) in [5.74, 6) is -1.20. The van der Waals surface area contributed by atoms with Gasteiger partial charge in [0, 0.05) is 12.6 Å². The molecular formula is C14H24F3NO. The van der Waals surface area contributed by atoms with E-state index in [4.69, 9.17) is 4.74 Å². The third-order valence-electron chi connectivity index (χ3n) is 4.74. The summed E-state index contributed by atoms with van der Waals surface area (Å²) < 4.78 is 45.0. The normalized spacial score (nSPS) is 35.1. The third-order valence-corrected chi connectivity index (χ3v) is 4.74. The first-order chi connectivity index (χ1) is 9.04. The molecule has 19 heavy (non-hydrogen) atoms. The van der Waals surface area contributed by atoms with Gasteiger partial charge in [-0.1, -0.05) is 12.8 Å². The SMILES string of the molecule is CNC(C1CCCOC1)C1CCCCC1C(F)(F)F. The zero-order valence-corrected chi connectivity index (χ0v) is 11.5. The van der Waals surface area contributed by atoms with E-state index in [0.717, 1.165) is 25.9 Å². The number of alkyl halides is 3. The molecule has 4 atom stereocenters. The van der Waals surface area contributed by atoms with Crippen LogP contribution < -0.4 is 5.32 Å². The molecule has 1 saturated heterocycles. The lowest BCUT2D eigenvalue weighted by Gasteiger charge is -2.42. The Hall–Kier alpha value is -0.290. The molecule has 2 nitrogen and oxygen atoms in total. The first-order valence-electron chi connectivity index (χ1n) is 7.35. The Labute approximate surface area is 113 Å². The van der Waals surface area contributed by atoms with Crippen molar-refractivity contribution >= 4 is 0 Å². The summed E-state index contributed by atoms with van der Waals surface area (Å²) in [4.78, 5) is 0. The first kappa shape index (κ1) is 15.1. The van der Waals surface area contributed by atoms with Crippen molar-refractivity contribution in [3.63, 3.8) is 0 Å². The average Bonchev–Trinajstić information content (AvgIpc) is 2.40. The quantitative estimate of drug-likeness (QED) is 0.855. The fourth-order valence-electron chi connectivity index (χ4n) is 3.84. The molecule has 2 rings (SSSR count). The van der Waals surface area contributed by atoms with E-state index in [1.807, 2.05) is 0 Å². The molecule has 2 fully saturated rings. The van der Waals surface area contributed by atoms with Gasteiger partial charge in [-0.2, -0.15) is 13.2 Å². The van der Waals surface area contributed by atoms with Crippen molar-refractivity contribution in [1.82, 2.24) is 5.32 Å². The Morgan fingerprint density at radius 3 is 2.42 bits per heavy atom. The Balaban J connectivity index is 2.09. The zero-order chi connectivity index (χ0) is 13.9. The molecule has 1 N–H and O–H groups in total. The maximum atomic E-state index is 13.2. The van der Waals surface area contributed by atoms with Crippen LogP contribution in [-0.4, -0.2) is 32.5 Å². The number of ether oxygens (including phenoxy) is 1. The minimum Gasteiger partial charge on any atom is -0.381 e. The Morgan fingerprint density at radius 1 is 1.11 bits per heavy atom. The summed E-state index contributed by atoms with van der Waals surface area (Å²) in [6.45, 7) is 1.35. The monoisotopic (exact) mass is 279 g/mol. The van der Waals surface area contributed by atoms with Crippen molar-refractivity contribution in [1.29, 1.82) is 0 Å². The molecular weight excluding hydrogens is 255 g/mol. The van der Waals surface area contributed by atoms with E-state index in [1.54, 1.807) is 7.05 Å². The van der Waals surface area contributed by atoms with E-state index < -0.39 is 12.1 Å². The smallest absolute Gasteiger partial charge is 0.381 e. The standard InChI is InChI=1S/C14H24F3NO/c1-18-13(10-5-4-8-19-9-10)11-6-2-3-7-12(11)14(15,16)17/h10-13,18H,2-9H2,1H3. The lowest BCUT2D eigenvalue weighted by Crippen LogP contribution is -2.50. The third kappa shape index (κ3) is 3.63. The fraction of sp³-hybridized carbons (Fsp3) is 1.00. The second kappa shape index (κ2) is 6.44. The maximum absolute atomic E-state index is 13.2. The molecule has 2 aliphatic rings. The highest BCUT2D eigenvalue weighted by Crippen LogP contribution is 2.44. The predicted octanol–water partition coefficient (Wildman–Crippen LogP) is 3.37. The Morgan fingerprint density at radius 2 is 1.84 bits per heavy atom. The van der Waals surface area contributed by atoms with E-state index in [0.29, 0.717) is 25.9 Å². The molecule has 5 heteroatoms. The average molecular weight is 279 g/mol. The topological polar surface area (TPSA) is 21.3 Å². The minimum absolute atomic E-state index is 0.0628. The molecule has 1 aliphatic carbocycles. The highest BCUT2D eigenvalue weighted by Gasteiger charge is 2.48. The van der Waals surface area contributed by atoms with Crippen LogP contribution in [0, 0.1) is 17.8 Å². The van der Waals surface area contributed by atoms with Crippen molar-refractivity contribution < 1.29 is 17.9 Å². The van der Waals surface area contributed by atoms with Crippen molar-refractivity contribution in [2.75, 3.05) is 20.3 Å². The zero-order valence-electron chi connectivity index (χ0n) is 11.5. The van der Waals surface area contributed by atoms with Crippen LogP contribution in [0.3, 0.4) is 0 Å². The Kier molecular flexibility index (Phi) is 5.12. The van der Waals surface area contributed by atoms with E-state index in [2.05, 4.69) is 5.32 Å². The van der Waals surface area contributed by atoms with Crippen molar-refractivity contribution in [3.8, 4) is 0 Å². The van der Waals surface area contributed by atoms with E-state index in [1.165, 1.54) is 0 Å². The van der Waals surface area contributed by atoms with Gasteiger partial charge in [-0.25, -0.2) is 0 Å². The number of hydrogen-bond donors (Lipinski definition) is 1. The second-order valence-electron chi connectivity index (χ2n) is 5.89. The highest BCUT2D eigenvalue weighted by atomic mass is 19.4. The van der Waals surface area contributed by atoms with Gasteiger partial charge in [-0.15, -0.1) is 0 Å². The minimum atomic E-state index is -4.06. The van der Waals surface area contributed by atoms with Gasteiger partial charge in [0.05, 0.1) is 12.5 Å². The molecule has 1 aliphatic heterocycles. The molecule has 0 radical (unpaired) electrons. The van der Waals surface area contributed by atoms with Gasteiger partial charge >= 0.3 is 6.18 Å². The molecule has 1 saturated carbocycles. The summed E-state index contributed by atoms with van der Waals surface area (Å²) in [6, 6.07) is -0.0628. The van der Waals surface area contributed by atoms with Gasteiger partial charge < -0.3 is 10.1 Å². The summed E-state index contributed by atoms with van der Waals surface area (Å²) in [5, 5.41) is 3.16. The van der Waals surface area contributed by atoms with Gasteiger partial charge in [0.1, 0.15) is 0 Å². The van der Waals surface area contributed by atoms with Crippen molar-refractivity contribution in [2.45, 2.75) is 50.7 Å². The van der Waals surface area contributed by atoms with Gasteiger partial charge in [-0.05, 0) is 44.6 Å². The molecule has 0 aromatic heterocycles. The van der Waals surface area contributed by atoms with Crippen LogP contribution >= 0.6 is 0 Å². The predicted molar refractivity (Wildman–Crippen MR) is 67.9 cm³/mol. The molecule has 1 heterocycles. The fourth-order valence-corrected chi connectivity index (χ4v) is 3.84. The number of nitrogens with one attached hydrogen (secondary N) is 1. The molecule has 4 unspecified atom stereocenters. The van der Waals surface area contributed by atoms with Crippen LogP contribution in [0.4, 0.5) is 13.2 Å². The molecule has 0 spiro atoms. The van der Waals surface area contributed by atoms with Crippen LogP contribution in [0.15, 0.2) is 0 Å². The summed E-state index contributed by atoms with van der Waals surface area (Å²) >= 11 is 0. The van der Waals surface area contributed by atoms with Crippen LogP contribution in [0.2, 0.25) is 0 Å². The van der Waals surface area contributed by atoms with Crippen LogP contribution in [-0.2, 0) is 4.74 Å². The van der Waals surface area contributed by atoms with Crippen LogP contribution in [0.5, 0.6) is 0 Å². The number of halogens is 3. The number of rotatable bonds is 3. The van der Waals surface area contributed by atoms with Gasteiger partial charge in [0.25, 0.3) is 0 Å². The van der Waals surface area contributed by atoms with Crippen molar-refractivity contribution in [2.24, 2.45) is 17.8 Å². The highest BCUT2D eigenvalue weighted by molar-refractivity contribution is 4.91. The van der Waals surface area contributed by atoms with Crippen molar-refractivity contribution in [3.05, 3.63) is 0 Å². The maximum Gasteiger partial charge on any atom is 0.392 e. The number of hydrogen-bond acceptors (Lipinski definition) is 2. The molecule has 0 aromatic carbocycles. The van der Waals surface area contributed by atoms with Crippen LogP contribution in [0.25, 0.3) is 0 Å². The van der Waals surface area contributed by atoms with E-state index in [-0.39, 0.29) is 17.9 Å². The molecule has 0 bridgehead atoms. The van der Waals surface area contributed by atoms with Gasteiger partial charge in [0.15, 0.2) is 0 Å². The first-order valence-corrected chi connectivity index (χ1v) is 7.35. The largest absolute Gasteiger partial charge is 0.392 e. The molecule has 0 amide bonds. The summed E-state index contributed by atoms with van der Waals surface area (Å²) in [7, 11) is 1.79.